The van der Waals surface area contributed by atoms with Crippen LogP contribution in [0.25, 0.3) is 0 Å². The zero-order chi connectivity index (χ0) is 38.5. The number of halogens is 4. The van der Waals surface area contributed by atoms with Gasteiger partial charge in [0.15, 0.2) is 23.1 Å². The van der Waals surface area contributed by atoms with E-state index in [9.17, 15) is 17.6 Å². The molecule has 4 aliphatic rings. The Morgan fingerprint density at radius 2 is 0.870 bits per heavy atom. The lowest BCUT2D eigenvalue weighted by Crippen LogP contribution is -2.25. The van der Waals surface area contributed by atoms with Crippen LogP contribution in [0, 0.1) is 58.8 Å². The molecule has 0 bridgehead atoms. The van der Waals surface area contributed by atoms with Crippen LogP contribution < -0.4 is 9.47 Å². The first kappa shape index (κ1) is 42.9. The van der Waals surface area contributed by atoms with Gasteiger partial charge in [0.1, 0.15) is 0 Å². The standard InChI is InChI=1S/2C24H36F2O.4H2/c1-3-5-17-6-8-18(9-7-17)19-10-12-20(13-11-19)21-14-15-22(27-16-4-2)24(26)23(21)25;1-3-5-6-17-7-9-18(10-8-17)19-11-13-20(14-12-19)21-15-16-22(27-4-2)24(26)23(21)25;;;;/h14-15,17-20H,3-13,16H2,1-2H3;15-20H,3-14H2,1-2H3;4*1H. The van der Waals surface area contributed by atoms with Gasteiger partial charge in [0.2, 0.25) is 11.6 Å². The van der Waals surface area contributed by atoms with Crippen LogP contribution in [0.4, 0.5) is 17.6 Å². The average molecular weight is 765 g/mol. The molecule has 4 fully saturated rings. The van der Waals surface area contributed by atoms with Crippen LogP contribution in [-0.4, -0.2) is 13.2 Å². The second-order valence-electron chi connectivity index (χ2n) is 17.6. The van der Waals surface area contributed by atoms with Crippen molar-refractivity contribution in [3.05, 3.63) is 58.7 Å². The van der Waals surface area contributed by atoms with Crippen molar-refractivity contribution < 1.29 is 32.7 Å². The van der Waals surface area contributed by atoms with Crippen LogP contribution in [0.3, 0.4) is 0 Å². The molecule has 312 valence electrons. The van der Waals surface area contributed by atoms with Gasteiger partial charge in [-0.05, 0) is 161 Å². The molecule has 6 heteroatoms. The summed E-state index contributed by atoms with van der Waals surface area (Å²) >= 11 is 0. The van der Waals surface area contributed by atoms with E-state index >= 15 is 0 Å². The van der Waals surface area contributed by atoms with Crippen molar-refractivity contribution in [2.45, 2.75) is 181 Å². The molecule has 2 nitrogen and oxygen atoms in total. The van der Waals surface area contributed by atoms with Gasteiger partial charge in [-0.2, -0.15) is 8.78 Å². The van der Waals surface area contributed by atoms with Gasteiger partial charge in [-0.15, -0.1) is 0 Å². The first-order valence-electron chi connectivity index (χ1n) is 22.5. The van der Waals surface area contributed by atoms with E-state index < -0.39 is 23.3 Å². The Labute approximate surface area is 331 Å². The molecule has 0 unspecified atom stereocenters. The molecule has 0 amide bonds. The van der Waals surface area contributed by atoms with Crippen LogP contribution in [0.2, 0.25) is 0 Å². The van der Waals surface area contributed by atoms with Crippen molar-refractivity contribution in [1.29, 1.82) is 0 Å². The first-order valence-corrected chi connectivity index (χ1v) is 22.5. The number of ether oxygens (including phenoxy) is 2. The molecule has 0 heterocycles. The van der Waals surface area contributed by atoms with Gasteiger partial charge >= 0.3 is 0 Å². The van der Waals surface area contributed by atoms with Gasteiger partial charge in [-0.25, -0.2) is 8.78 Å². The minimum atomic E-state index is -0.818. The molecule has 0 saturated heterocycles. The fourth-order valence-corrected chi connectivity index (χ4v) is 10.9. The number of benzene rings is 2. The van der Waals surface area contributed by atoms with Gasteiger partial charge in [0.05, 0.1) is 13.2 Å². The maximum Gasteiger partial charge on any atom is 0.200 e. The summed E-state index contributed by atoms with van der Waals surface area (Å²) in [5.74, 6) is 2.63. The molecule has 4 aliphatic carbocycles. The Bertz CT molecular complexity index is 1400. The van der Waals surface area contributed by atoms with E-state index in [1.165, 1.54) is 109 Å². The lowest BCUT2D eigenvalue weighted by Gasteiger charge is -2.38. The van der Waals surface area contributed by atoms with Gasteiger partial charge in [0, 0.05) is 5.71 Å². The molecule has 54 heavy (non-hydrogen) atoms. The number of hydrogen-bond acceptors (Lipinski definition) is 2. The van der Waals surface area contributed by atoms with Gasteiger partial charge in [0.25, 0.3) is 0 Å². The summed E-state index contributed by atoms with van der Waals surface area (Å²) in [6.07, 6.45) is 27.4. The molecular formula is C48H80F4O2. The van der Waals surface area contributed by atoms with Crippen LogP contribution >= 0.6 is 0 Å². The van der Waals surface area contributed by atoms with Crippen molar-refractivity contribution in [2.75, 3.05) is 13.2 Å². The fraction of sp³-hybridized carbons (Fsp3) is 0.750. The minimum Gasteiger partial charge on any atom is -0.491 e. The van der Waals surface area contributed by atoms with E-state index in [0.29, 0.717) is 24.3 Å². The summed E-state index contributed by atoms with van der Waals surface area (Å²) in [4.78, 5) is 0. The predicted octanol–water partition coefficient (Wildman–Crippen LogP) is 16.3. The molecular weight excluding hydrogens is 685 g/mol. The Balaban J connectivity index is 0.000000543. The van der Waals surface area contributed by atoms with E-state index in [1.54, 1.807) is 31.2 Å². The van der Waals surface area contributed by atoms with E-state index in [4.69, 9.17) is 9.47 Å². The third-order valence-corrected chi connectivity index (χ3v) is 14.1. The summed E-state index contributed by atoms with van der Waals surface area (Å²) in [6, 6.07) is 6.71. The first-order chi connectivity index (χ1) is 26.3. The van der Waals surface area contributed by atoms with Crippen LogP contribution in [0.5, 0.6) is 11.5 Å². The van der Waals surface area contributed by atoms with E-state index in [1.807, 2.05) is 6.92 Å². The van der Waals surface area contributed by atoms with E-state index in [0.717, 1.165) is 67.6 Å². The SMILES string of the molecule is CCCCC1CCC(C2CCC(c3ccc(OCC)c(F)c3F)CC2)CC1.CCCOc1ccc(C2CCC(C3CCC(CCC)CC3)CC2)c(F)c1F.[HH].[HH].[HH].[HH]. The highest BCUT2D eigenvalue weighted by molar-refractivity contribution is 5.34. The molecule has 4 saturated carbocycles. The normalized spacial score (nSPS) is 28.9. The van der Waals surface area contributed by atoms with Gasteiger partial charge in [-0.1, -0.05) is 90.7 Å². The second kappa shape index (κ2) is 21.9. The molecule has 0 N–H and O–H groups in total. The van der Waals surface area contributed by atoms with Crippen LogP contribution in [-0.2, 0) is 0 Å². The van der Waals surface area contributed by atoms with Crippen molar-refractivity contribution in [2.24, 2.45) is 35.5 Å². The molecule has 2 aromatic carbocycles. The molecule has 0 atom stereocenters. The van der Waals surface area contributed by atoms with Crippen molar-refractivity contribution in [1.82, 2.24) is 0 Å². The lowest BCUT2D eigenvalue weighted by molar-refractivity contribution is 0.155. The third-order valence-electron chi connectivity index (χ3n) is 14.1. The van der Waals surface area contributed by atoms with Gasteiger partial charge < -0.3 is 9.47 Å². The summed E-state index contributed by atoms with van der Waals surface area (Å²) in [5, 5.41) is 0. The van der Waals surface area contributed by atoms with Crippen molar-refractivity contribution in [3.8, 4) is 11.5 Å². The van der Waals surface area contributed by atoms with Gasteiger partial charge in [-0.3, -0.25) is 0 Å². The van der Waals surface area contributed by atoms with Crippen molar-refractivity contribution in [3.63, 3.8) is 0 Å². The predicted molar refractivity (Wildman–Crippen MR) is 223 cm³/mol. The quantitative estimate of drug-likeness (QED) is 0.178. The molecule has 2 aromatic rings. The fourth-order valence-electron chi connectivity index (χ4n) is 10.9. The van der Waals surface area contributed by atoms with E-state index in [-0.39, 0.29) is 29.0 Å². The highest BCUT2D eigenvalue weighted by Crippen LogP contribution is 2.47. The minimum absolute atomic E-state index is 0. The Morgan fingerprint density at radius 3 is 1.26 bits per heavy atom. The number of rotatable bonds is 14. The average Bonchev–Trinajstić information content (AvgIpc) is 3.21. The third kappa shape index (κ3) is 11.4. The summed E-state index contributed by atoms with van der Waals surface area (Å²) < 4.78 is 68.1. The highest BCUT2D eigenvalue weighted by atomic mass is 19.2. The highest BCUT2D eigenvalue weighted by Gasteiger charge is 2.34. The lowest BCUT2D eigenvalue weighted by atomic mass is 9.68. The Morgan fingerprint density at radius 1 is 0.463 bits per heavy atom. The monoisotopic (exact) mass is 765 g/mol. The van der Waals surface area contributed by atoms with Crippen LogP contribution in [0.1, 0.15) is 198 Å². The maximum absolute atomic E-state index is 14.6. The smallest absolute Gasteiger partial charge is 0.200 e. The summed E-state index contributed by atoms with van der Waals surface area (Å²) in [5.41, 5.74) is 1.11. The molecule has 0 aliphatic heterocycles. The maximum atomic E-state index is 14.6. The molecule has 0 spiro atoms. The molecule has 6 rings (SSSR count). The molecule has 0 radical (unpaired) electrons. The summed E-state index contributed by atoms with van der Waals surface area (Å²) in [6.45, 7) is 9.07. The van der Waals surface area contributed by atoms with E-state index in [2.05, 4.69) is 13.8 Å². The zero-order valence-electron chi connectivity index (χ0n) is 34.2. The number of hydrogen-bond donors (Lipinski definition) is 0. The topological polar surface area (TPSA) is 18.5 Å². The largest absolute Gasteiger partial charge is 0.491 e. The van der Waals surface area contributed by atoms with Crippen molar-refractivity contribution >= 4 is 0 Å². The number of unbranched alkanes of at least 4 members (excludes halogenated alkanes) is 1. The van der Waals surface area contributed by atoms with Crippen LogP contribution in [0.15, 0.2) is 24.3 Å². The zero-order valence-corrected chi connectivity index (χ0v) is 34.2. The Hall–Kier alpha value is -2.24. The molecule has 0 aromatic heterocycles. The summed E-state index contributed by atoms with van der Waals surface area (Å²) in [7, 11) is 0. The second-order valence-corrected chi connectivity index (χ2v) is 17.6. The Kier molecular flexibility index (Phi) is 17.4.